The van der Waals surface area contributed by atoms with Crippen molar-refractivity contribution in [2.24, 2.45) is 0 Å². The molecule has 0 nitrogen and oxygen atoms in total. The Hall–Kier alpha value is 1.79. The number of hydrogen-bond donors (Lipinski definition) is 0. The Morgan fingerprint density at radius 3 is 0.600 bits per heavy atom. The maximum Gasteiger partial charge on any atom is 0 e. The van der Waals surface area contributed by atoms with Gasteiger partial charge in [-0.1, -0.05) is 7.43 Å². The van der Waals surface area contributed by atoms with Gasteiger partial charge in [0.1, 0.15) is 0 Å². The third kappa shape index (κ3) is 25.9. The standard InChI is InChI=1S/CH4.3ClH.Pb/h1H4;3*1H;/p-3. The van der Waals surface area contributed by atoms with E-state index < -0.39 is 0 Å². The number of hydrogen-bond acceptors (Lipinski definition) is 0. The van der Waals surface area contributed by atoms with Gasteiger partial charge in [0.25, 0.3) is 0 Å². The van der Waals surface area contributed by atoms with Gasteiger partial charge in [0, 0.05) is 27.3 Å². The third-order valence-electron chi connectivity index (χ3n) is 0. The van der Waals surface area contributed by atoms with E-state index in [1.54, 1.807) is 0 Å². The molecule has 0 bridgehead atoms. The van der Waals surface area contributed by atoms with Crippen molar-refractivity contribution >= 4 is 27.3 Å². The SMILES string of the molecule is C.[Cl-].[Cl-].[Cl-].[Pb]. The van der Waals surface area contributed by atoms with Gasteiger partial charge in [-0.25, -0.2) is 0 Å². The molecule has 0 aromatic rings. The van der Waals surface area contributed by atoms with Crippen LogP contribution in [0.5, 0.6) is 0 Å². The summed E-state index contributed by atoms with van der Waals surface area (Å²) in [6, 6.07) is 0. The van der Waals surface area contributed by atoms with Crippen molar-refractivity contribution in [3.8, 4) is 0 Å². The van der Waals surface area contributed by atoms with Gasteiger partial charge in [0.15, 0.2) is 0 Å². The Kier molecular flexibility index (Phi) is 588. The predicted molar refractivity (Wildman–Crippen MR) is 12.5 cm³/mol. The molecule has 0 heterocycles. The zero-order valence-electron chi connectivity index (χ0n) is 1.63. The monoisotopic (exact) mass is 329 g/mol. The topological polar surface area (TPSA) is 0 Å². The molecule has 0 amide bonds. The fourth-order valence-corrected chi connectivity index (χ4v) is 0. The first-order valence-electron chi connectivity index (χ1n) is 0. The van der Waals surface area contributed by atoms with Crippen LogP contribution in [0.15, 0.2) is 0 Å². The fraction of sp³-hybridized carbons (Fsp3) is 1.00. The van der Waals surface area contributed by atoms with Crippen LogP contribution in [-0.4, -0.2) is 27.3 Å². The van der Waals surface area contributed by atoms with E-state index in [4.69, 9.17) is 0 Å². The molecular weight excluding hydrogens is 326 g/mol. The van der Waals surface area contributed by atoms with Crippen LogP contribution in [0, 0.1) is 0 Å². The molecule has 0 N–H and O–H groups in total. The first-order valence-corrected chi connectivity index (χ1v) is 0. The van der Waals surface area contributed by atoms with Crippen molar-refractivity contribution in [2.75, 3.05) is 0 Å². The minimum atomic E-state index is 0. The number of halogens is 3. The Morgan fingerprint density at radius 2 is 0.600 bits per heavy atom. The maximum atomic E-state index is 0. The molecule has 36 valence electrons. The zero-order chi connectivity index (χ0) is 0. The maximum absolute atomic E-state index is 0. The largest absolute Gasteiger partial charge is 1.00 e. The van der Waals surface area contributed by atoms with E-state index in [9.17, 15) is 0 Å². The van der Waals surface area contributed by atoms with E-state index in [1.807, 2.05) is 0 Å². The van der Waals surface area contributed by atoms with Crippen molar-refractivity contribution in [1.82, 2.24) is 0 Å². The summed E-state index contributed by atoms with van der Waals surface area (Å²) in [4.78, 5) is 0. The second kappa shape index (κ2) is 41.4. The van der Waals surface area contributed by atoms with Gasteiger partial charge in [-0.3, -0.25) is 0 Å². The second-order valence-corrected chi connectivity index (χ2v) is 0. The molecule has 5 heavy (non-hydrogen) atoms. The van der Waals surface area contributed by atoms with E-state index in [2.05, 4.69) is 0 Å². The van der Waals surface area contributed by atoms with Gasteiger partial charge < -0.3 is 37.2 Å². The van der Waals surface area contributed by atoms with Crippen LogP contribution in [0.25, 0.3) is 0 Å². The van der Waals surface area contributed by atoms with Gasteiger partial charge in [0.2, 0.25) is 0 Å². The summed E-state index contributed by atoms with van der Waals surface area (Å²) in [6.07, 6.45) is 0. The van der Waals surface area contributed by atoms with Crippen LogP contribution in [0.3, 0.4) is 0 Å². The van der Waals surface area contributed by atoms with E-state index in [-0.39, 0.29) is 71.9 Å². The van der Waals surface area contributed by atoms with E-state index in [0.29, 0.717) is 0 Å². The van der Waals surface area contributed by atoms with Gasteiger partial charge >= 0.3 is 0 Å². The molecule has 0 aliphatic heterocycles. The summed E-state index contributed by atoms with van der Waals surface area (Å²) in [5.41, 5.74) is 0. The second-order valence-electron chi connectivity index (χ2n) is 0. The minimum absolute atomic E-state index is 0. The third-order valence-corrected chi connectivity index (χ3v) is 0. The summed E-state index contributed by atoms with van der Waals surface area (Å²) >= 11 is 0. The molecule has 0 fully saturated rings. The van der Waals surface area contributed by atoms with Crippen molar-refractivity contribution in [1.29, 1.82) is 0 Å². The summed E-state index contributed by atoms with van der Waals surface area (Å²) in [7, 11) is 0. The van der Waals surface area contributed by atoms with E-state index in [0.717, 1.165) is 0 Å². The van der Waals surface area contributed by atoms with Gasteiger partial charge in [-0.2, -0.15) is 0 Å². The molecular formula is CH4Cl3Pb-3. The van der Waals surface area contributed by atoms with Crippen molar-refractivity contribution in [3.05, 3.63) is 0 Å². The molecule has 0 aliphatic rings. The molecule has 0 aromatic heterocycles. The van der Waals surface area contributed by atoms with Gasteiger partial charge in [-0.05, 0) is 0 Å². The average molecular weight is 330 g/mol. The van der Waals surface area contributed by atoms with Crippen LogP contribution in [0.4, 0.5) is 0 Å². The molecule has 0 aromatic carbocycles. The first kappa shape index (κ1) is 71.0. The molecule has 0 saturated carbocycles. The molecule has 0 atom stereocenters. The van der Waals surface area contributed by atoms with E-state index in [1.165, 1.54) is 0 Å². The van der Waals surface area contributed by atoms with E-state index >= 15 is 0 Å². The number of rotatable bonds is 0. The van der Waals surface area contributed by atoms with Crippen LogP contribution in [-0.2, 0) is 0 Å². The zero-order valence-corrected chi connectivity index (χ0v) is 7.79. The molecule has 0 unspecified atom stereocenters. The normalized spacial score (nSPS) is 0. The Labute approximate surface area is 71.5 Å². The molecule has 0 spiro atoms. The average Bonchev–Trinajstić information content (AvgIpc) is 0. The predicted octanol–water partition coefficient (Wildman–Crippen LogP) is -8.73. The van der Waals surface area contributed by atoms with Gasteiger partial charge in [0.05, 0.1) is 0 Å². The molecule has 0 rings (SSSR count). The van der Waals surface area contributed by atoms with Gasteiger partial charge in [-0.15, -0.1) is 0 Å². The quantitative estimate of drug-likeness (QED) is 0.387. The van der Waals surface area contributed by atoms with Crippen LogP contribution in [0.2, 0.25) is 0 Å². The molecule has 4 radical (unpaired) electrons. The summed E-state index contributed by atoms with van der Waals surface area (Å²) in [6.45, 7) is 0. The summed E-state index contributed by atoms with van der Waals surface area (Å²) in [5.74, 6) is 0. The molecule has 4 heteroatoms. The van der Waals surface area contributed by atoms with Crippen LogP contribution < -0.4 is 37.2 Å². The first-order chi connectivity index (χ1) is 0. The van der Waals surface area contributed by atoms with Crippen molar-refractivity contribution in [2.45, 2.75) is 7.43 Å². The minimum Gasteiger partial charge on any atom is -1.00 e. The Bertz CT molecular complexity index is 6.85. The fourth-order valence-electron chi connectivity index (χ4n) is 0. The molecule has 0 aliphatic carbocycles. The van der Waals surface area contributed by atoms with Crippen molar-refractivity contribution in [3.63, 3.8) is 0 Å². The van der Waals surface area contributed by atoms with Crippen LogP contribution in [0.1, 0.15) is 7.43 Å². The summed E-state index contributed by atoms with van der Waals surface area (Å²) in [5, 5.41) is 0. The van der Waals surface area contributed by atoms with Crippen LogP contribution >= 0.6 is 0 Å². The van der Waals surface area contributed by atoms with Crippen molar-refractivity contribution < 1.29 is 37.2 Å². The molecule has 0 saturated heterocycles. The smallest absolute Gasteiger partial charge is 0 e. The summed E-state index contributed by atoms with van der Waals surface area (Å²) < 4.78 is 0. The Morgan fingerprint density at radius 1 is 0.600 bits per heavy atom. The Balaban J connectivity index is 0.